The minimum atomic E-state index is -1.90. The van der Waals surface area contributed by atoms with E-state index < -0.39 is 93.4 Å². The van der Waals surface area contributed by atoms with Gasteiger partial charge < -0.3 is 47.0 Å². The maximum absolute atomic E-state index is 13.9. The van der Waals surface area contributed by atoms with Crippen LogP contribution < -0.4 is 29.3 Å². The number of fused-ring (bicyclic) bond motifs is 4. The van der Waals surface area contributed by atoms with Crippen LogP contribution in [-0.4, -0.2) is 68.3 Å². The molecule has 1 aliphatic carbocycles. The Morgan fingerprint density at radius 2 is 1.49 bits per heavy atom. The van der Waals surface area contributed by atoms with E-state index in [4.69, 9.17) is 47.0 Å². The van der Waals surface area contributed by atoms with Crippen molar-refractivity contribution in [3.05, 3.63) is 60.8 Å². The van der Waals surface area contributed by atoms with Gasteiger partial charge in [-0.05, 0) is 52.7 Å². The van der Waals surface area contributed by atoms with Crippen molar-refractivity contribution in [2.24, 2.45) is 0 Å². The van der Waals surface area contributed by atoms with Gasteiger partial charge in [0, 0.05) is 38.5 Å². The van der Waals surface area contributed by atoms with E-state index in [0.29, 0.717) is 13.0 Å². The summed E-state index contributed by atoms with van der Waals surface area (Å²) in [5.41, 5.74) is -1.70. The number of ketones is 2. The third-order valence-electron chi connectivity index (χ3n) is 9.15. The summed E-state index contributed by atoms with van der Waals surface area (Å²) in [7, 11) is 2.27. The van der Waals surface area contributed by atoms with Gasteiger partial charge in [0.25, 0.3) is 5.79 Å². The number of hydrogen-bond donors (Lipinski definition) is 0. The van der Waals surface area contributed by atoms with Gasteiger partial charge in [0.2, 0.25) is 17.3 Å². The molecule has 2 aromatic carbocycles. The summed E-state index contributed by atoms with van der Waals surface area (Å²) in [4.78, 5) is 91.4. The van der Waals surface area contributed by atoms with Crippen molar-refractivity contribution in [1.82, 2.24) is 0 Å². The predicted molar refractivity (Wildman–Crippen MR) is 186 cm³/mol. The molecule has 18 heteroatoms. The standard InChI is InChI=1S/C37H31BrO17/c1-14(39)49-29-19-12-37(55-31(19)33(51-16(3)41)25-24(29)27(42)26(38)34(46-4)28(25)43)13-21(52-22-8-6-7-9-48-22)18-10-17-11-20(35(44)47-5)53-36(45)23(17)32(30(18)54-37)50-15(2)40/h10-11,21-22H,6-9,12-13H2,1-5H3. The van der Waals surface area contributed by atoms with Crippen LogP contribution in [0, 0.1) is 0 Å². The first-order valence-corrected chi connectivity index (χ1v) is 17.7. The molecule has 17 nitrogen and oxygen atoms in total. The fourth-order valence-corrected chi connectivity index (χ4v) is 7.60. The van der Waals surface area contributed by atoms with Gasteiger partial charge in [-0.15, -0.1) is 0 Å². The van der Waals surface area contributed by atoms with Crippen LogP contribution in [0.25, 0.3) is 10.8 Å². The minimum Gasteiger partial charge on any atom is -0.491 e. The second-order valence-electron chi connectivity index (χ2n) is 12.9. The van der Waals surface area contributed by atoms with Crippen LogP contribution in [0.3, 0.4) is 0 Å². The molecule has 0 saturated carbocycles. The van der Waals surface area contributed by atoms with E-state index in [1.807, 2.05) is 0 Å². The molecule has 0 bridgehead atoms. The summed E-state index contributed by atoms with van der Waals surface area (Å²) in [6.07, 6.45) is -0.170. The smallest absolute Gasteiger partial charge is 0.374 e. The first-order chi connectivity index (χ1) is 26.2. The number of hydrogen-bond acceptors (Lipinski definition) is 17. The Balaban J connectivity index is 1.48. The Morgan fingerprint density at radius 3 is 2.13 bits per heavy atom. The molecule has 3 unspecified atom stereocenters. The average molecular weight is 828 g/mol. The number of carbonyl (C=O) groups is 6. The first-order valence-electron chi connectivity index (χ1n) is 16.9. The molecule has 0 N–H and O–H groups in total. The van der Waals surface area contributed by atoms with E-state index in [2.05, 4.69) is 15.9 Å². The molecule has 0 amide bonds. The van der Waals surface area contributed by atoms with Crippen LogP contribution in [0.1, 0.15) is 95.0 Å². The molecule has 55 heavy (non-hydrogen) atoms. The van der Waals surface area contributed by atoms with Gasteiger partial charge in [-0.25, -0.2) is 9.59 Å². The minimum absolute atomic E-state index is 0.000641. The van der Waals surface area contributed by atoms with Gasteiger partial charge in [-0.3, -0.25) is 24.0 Å². The molecule has 1 aromatic heterocycles. The highest BCUT2D eigenvalue weighted by Gasteiger charge is 2.55. The number of allylic oxidation sites excluding steroid dienone is 2. The summed E-state index contributed by atoms with van der Waals surface area (Å²) in [5, 5.41) is -0.163. The molecule has 4 heterocycles. The predicted octanol–water partition coefficient (Wildman–Crippen LogP) is 4.69. The molecular formula is C37H31BrO17. The van der Waals surface area contributed by atoms with Crippen LogP contribution >= 0.6 is 15.9 Å². The van der Waals surface area contributed by atoms with Crippen molar-refractivity contribution in [3.8, 4) is 28.7 Å². The highest BCUT2D eigenvalue weighted by molar-refractivity contribution is 9.12. The Bertz CT molecular complexity index is 2330. The van der Waals surface area contributed by atoms with Crippen LogP contribution in [0.15, 0.2) is 31.6 Å². The van der Waals surface area contributed by atoms with Gasteiger partial charge in [0.05, 0.1) is 44.3 Å². The number of ether oxygens (including phenoxy) is 9. The fraction of sp³-hybridized carbons (Fsp3) is 0.378. The van der Waals surface area contributed by atoms with E-state index in [9.17, 15) is 33.6 Å². The zero-order valence-electron chi connectivity index (χ0n) is 29.9. The molecule has 3 aliphatic heterocycles. The largest absolute Gasteiger partial charge is 0.491 e. The molecule has 1 spiro atoms. The number of carbonyl (C=O) groups excluding carboxylic acids is 6. The molecule has 3 atom stereocenters. The SMILES string of the molecule is COC(=O)c1cc2cc3c(c(OC(C)=O)c2c(=O)o1)OC1(Cc2c(c(OC(C)=O)c4c(c2OC(C)=O)C(=O)C(Br)=C(OC)C4=O)O1)CC3OC1CCCCO1. The number of methoxy groups -OCH3 is 2. The highest BCUT2D eigenvalue weighted by Crippen LogP contribution is 2.59. The maximum atomic E-state index is 13.9. The number of rotatable bonds is 7. The number of benzene rings is 2. The van der Waals surface area contributed by atoms with Gasteiger partial charge in [0.1, 0.15) is 15.6 Å². The molecule has 288 valence electrons. The highest BCUT2D eigenvalue weighted by atomic mass is 79.9. The van der Waals surface area contributed by atoms with Crippen molar-refractivity contribution in [3.63, 3.8) is 0 Å². The Kier molecular flexibility index (Phi) is 9.77. The lowest BCUT2D eigenvalue weighted by molar-refractivity contribution is -0.221. The van der Waals surface area contributed by atoms with E-state index in [1.54, 1.807) is 0 Å². The van der Waals surface area contributed by atoms with Crippen molar-refractivity contribution in [2.45, 2.75) is 71.1 Å². The Hall–Kier alpha value is -5.59. The maximum Gasteiger partial charge on any atom is 0.374 e. The molecule has 4 aliphatic rings. The van der Waals surface area contributed by atoms with Crippen molar-refractivity contribution in [2.75, 3.05) is 20.8 Å². The van der Waals surface area contributed by atoms with E-state index >= 15 is 0 Å². The van der Waals surface area contributed by atoms with E-state index in [1.165, 1.54) is 12.1 Å². The zero-order valence-corrected chi connectivity index (χ0v) is 31.5. The third-order valence-corrected chi connectivity index (χ3v) is 9.87. The van der Waals surface area contributed by atoms with Crippen molar-refractivity contribution in [1.29, 1.82) is 0 Å². The zero-order chi connectivity index (χ0) is 39.5. The summed E-state index contributed by atoms with van der Waals surface area (Å²) >= 11 is 3.11. The first kappa shape index (κ1) is 37.7. The van der Waals surface area contributed by atoms with Crippen LogP contribution in [-0.2, 0) is 39.8 Å². The molecule has 0 radical (unpaired) electrons. The van der Waals surface area contributed by atoms with Crippen LogP contribution in [0.5, 0.6) is 28.7 Å². The normalized spacial score (nSPS) is 21.2. The number of esters is 4. The Labute approximate surface area is 318 Å². The third kappa shape index (κ3) is 6.53. The fourth-order valence-electron chi connectivity index (χ4n) is 7.06. The van der Waals surface area contributed by atoms with E-state index in [0.717, 1.165) is 47.8 Å². The monoisotopic (exact) mass is 826 g/mol. The summed E-state index contributed by atoms with van der Waals surface area (Å²) < 4.78 is 57.3. The van der Waals surface area contributed by atoms with Gasteiger partial charge in [-0.1, -0.05) is 0 Å². The summed E-state index contributed by atoms with van der Waals surface area (Å²) in [5.74, 6) is -9.75. The van der Waals surface area contributed by atoms with E-state index in [-0.39, 0.29) is 56.5 Å². The molecular weight excluding hydrogens is 796 g/mol. The second kappa shape index (κ2) is 14.2. The van der Waals surface area contributed by atoms with Crippen LogP contribution in [0.4, 0.5) is 0 Å². The molecule has 1 saturated heterocycles. The average Bonchev–Trinajstić information content (AvgIpc) is 3.49. The van der Waals surface area contributed by atoms with Gasteiger partial charge in [-0.2, -0.15) is 0 Å². The lowest BCUT2D eigenvalue weighted by Gasteiger charge is -2.40. The van der Waals surface area contributed by atoms with Gasteiger partial charge >= 0.3 is 29.5 Å². The second-order valence-corrected chi connectivity index (χ2v) is 13.7. The lowest BCUT2D eigenvalue weighted by atomic mass is 9.87. The van der Waals surface area contributed by atoms with Crippen LogP contribution in [0.2, 0.25) is 0 Å². The Morgan fingerprint density at radius 1 is 0.836 bits per heavy atom. The molecule has 7 rings (SSSR count). The van der Waals surface area contributed by atoms with Crippen molar-refractivity contribution < 1.29 is 75.8 Å². The molecule has 1 fully saturated rings. The quantitative estimate of drug-likeness (QED) is 0.233. The van der Waals surface area contributed by atoms with Gasteiger partial charge in [0.15, 0.2) is 35.0 Å². The number of halogens is 1. The molecule has 3 aromatic rings. The van der Waals surface area contributed by atoms with Crippen molar-refractivity contribution >= 4 is 62.1 Å². The number of Topliss-reactive ketones (excluding diaryl/α,β-unsaturated/α-hetero) is 2. The summed E-state index contributed by atoms with van der Waals surface area (Å²) in [6.45, 7) is 3.65. The topological polar surface area (TPSA) is 216 Å². The lowest BCUT2D eigenvalue weighted by Crippen LogP contribution is -2.46. The summed E-state index contributed by atoms with van der Waals surface area (Å²) in [6, 6.07) is 2.75.